The average molecular weight is 213 g/mol. The minimum atomic E-state index is 0.364. The van der Waals surface area contributed by atoms with Gasteiger partial charge in [-0.3, -0.25) is 0 Å². The van der Waals surface area contributed by atoms with Crippen LogP contribution in [0, 0.1) is 5.21 Å². The number of hydroxylamine groups is 2. The number of hydrogen-bond donors (Lipinski definition) is 1. The summed E-state index contributed by atoms with van der Waals surface area (Å²) in [6, 6.07) is 7.77. The van der Waals surface area contributed by atoms with Crippen molar-refractivity contribution in [2.45, 2.75) is 0 Å². The molecule has 1 heterocycles. The lowest BCUT2D eigenvalue weighted by molar-refractivity contribution is -0.848. The molecular formula is C10H13ClN2O. The molecule has 1 aliphatic heterocycles. The monoisotopic (exact) mass is 212 g/mol. The topological polar surface area (TPSA) is 30.7 Å². The fourth-order valence-electron chi connectivity index (χ4n) is 1.69. The summed E-state index contributed by atoms with van der Waals surface area (Å²) >= 11 is 5.90. The minimum Gasteiger partial charge on any atom is -0.634 e. The van der Waals surface area contributed by atoms with E-state index in [1.807, 2.05) is 24.3 Å². The molecule has 1 fully saturated rings. The van der Waals surface area contributed by atoms with E-state index in [4.69, 9.17) is 11.6 Å². The Bertz CT molecular complexity index is 311. The fraction of sp³-hybridized carbons (Fsp3) is 0.400. The van der Waals surface area contributed by atoms with Crippen LogP contribution in [-0.2, 0) is 0 Å². The molecular weight excluding hydrogens is 200 g/mol. The first-order valence-electron chi connectivity index (χ1n) is 4.78. The number of anilines is 1. The number of quaternary nitrogens is 1. The summed E-state index contributed by atoms with van der Waals surface area (Å²) in [5.74, 6) is 0. The van der Waals surface area contributed by atoms with Crippen LogP contribution in [-0.4, -0.2) is 26.2 Å². The van der Waals surface area contributed by atoms with Gasteiger partial charge in [-0.25, -0.2) is 0 Å². The molecule has 1 saturated heterocycles. The molecule has 0 bridgehead atoms. The predicted molar refractivity (Wildman–Crippen MR) is 57.7 cm³/mol. The highest BCUT2D eigenvalue weighted by Gasteiger charge is 2.14. The Balaban J connectivity index is 2.08. The van der Waals surface area contributed by atoms with E-state index in [1.54, 1.807) is 0 Å². The molecule has 3 nitrogen and oxygen atoms in total. The standard InChI is InChI=1S/C10H13ClN2O/c11-9-2-1-3-10(8-9)12-4-6-13(14)7-5-12/h1-3,8,13H,4-7H2. The van der Waals surface area contributed by atoms with Crippen LogP contribution in [0.2, 0.25) is 5.02 Å². The van der Waals surface area contributed by atoms with E-state index in [0.717, 1.165) is 23.8 Å². The lowest BCUT2D eigenvalue weighted by Crippen LogP contribution is -3.10. The second-order valence-corrected chi connectivity index (χ2v) is 3.94. The molecule has 0 unspecified atom stereocenters. The number of rotatable bonds is 1. The van der Waals surface area contributed by atoms with Crippen LogP contribution in [0.15, 0.2) is 24.3 Å². The summed E-state index contributed by atoms with van der Waals surface area (Å²) in [7, 11) is 0. The van der Waals surface area contributed by atoms with Gasteiger partial charge in [-0.2, -0.15) is 0 Å². The van der Waals surface area contributed by atoms with Gasteiger partial charge < -0.3 is 15.2 Å². The van der Waals surface area contributed by atoms with Crippen molar-refractivity contribution in [3.05, 3.63) is 34.5 Å². The van der Waals surface area contributed by atoms with Gasteiger partial charge in [0.1, 0.15) is 0 Å². The molecule has 14 heavy (non-hydrogen) atoms. The summed E-state index contributed by atoms with van der Waals surface area (Å²) in [6.07, 6.45) is 0. The molecule has 0 saturated carbocycles. The average Bonchev–Trinajstić information content (AvgIpc) is 2.19. The summed E-state index contributed by atoms with van der Waals surface area (Å²) in [4.78, 5) is 2.20. The van der Waals surface area contributed by atoms with Crippen molar-refractivity contribution in [2.75, 3.05) is 31.1 Å². The second-order valence-electron chi connectivity index (χ2n) is 3.51. The van der Waals surface area contributed by atoms with Crippen molar-refractivity contribution in [3.8, 4) is 0 Å². The molecule has 1 aliphatic rings. The largest absolute Gasteiger partial charge is 0.634 e. The van der Waals surface area contributed by atoms with E-state index >= 15 is 0 Å². The van der Waals surface area contributed by atoms with E-state index in [9.17, 15) is 5.21 Å². The molecule has 0 amide bonds. The maximum absolute atomic E-state index is 11.1. The zero-order chi connectivity index (χ0) is 9.97. The lowest BCUT2D eigenvalue weighted by Gasteiger charge is -2.35. The van der Waals surface area contributed by atoms with E-state index in [0.29, 0.717) is 18.2 Å². The van der Waals surface area contributed by atoms with Gasteiger partial charge in [-0.1, -0.05) is 17.7 Å². The molecule has 0 radical (unpaired) electrons. The first-order valence-corrected chi connectivity index (χ1v) is 5.16. The Labute approximate surface area is 88.5 Å². The predicted octanol–water partition coefficient (Wildman–Crippen LogP) is 0.543. The fourth-order valence-corrected chi connectivity index (χ4v) is 1.87. The second kappa shape index (κ2) is 4.17. The van der Waals surface area contributed by atoms with Gasteiger partial charge in [-0.15, -0.1) is 0 Å². The lowest BCUT2D eigenvalue weighted by atomic mass is 10.2. The molecule has 0 aliphatic carbocycles. The molecule has 76 valence electrons. The van der Waals surface area contributed by atoms with Crippen LogP contribution in [0.3, 0.4) is 0 Å². The van der Waals surface area contributed by atoms with Crippen molar-refractivity contribution in [1.29, 1.82) is 0 Å². The highest BCUT2D eigenvalue weighted by molar-refractivity contribution is 6.30. The number of nitrogens with zero attached hydrogens (tertiary/aromatic N) is 1. The van der Waals surface area contributed by atoms with Crippen LogP contribution in [0.25, 0.3) is 0 Å². The minimum absolute atomic E-state index is 0.364. The molecule has 0 spiro atoms. The van der Waals surface area contributed by atoms with Crippen LogP contribution >= 0.6 is 11.6 Å². The van der Waals surface area contributed by atoms with E-state index in [1.165, 1.54) is 0 Å². The van der Waals surface area contributed by atoms with Crippen molar-refractivity contribution < 1.29 is 5.06 Å². The van der Waals surface area contributed by atoms with E-state index in [2.05, 4.69) is 4.90 Å². The van der Waals surface area contributed by atoms with Crippen LogP contribution in [0.1, 0.15) is 0 Å². The van der Waals surface area contributed by atoms with Gasteiger partial charge in [0.25, 0.3) is 0 Å². The zero-order valence-corrected chi connectivity index (χ0v) is 8.63. The first kappa shape index (κ1) is 9.77. The summed E-state index contributed by atoms with van der Waals surface area (Å²) < 4.78 is 0. The number of piperazine rings is 1. The number of nitrogens with one attached hydrogen (secondary N) is 1. The van der Waals surface area contributed by atoms with Gasteiger partial charge in [0.2, 0.25) is 0 Å². The smallest absolute Gasteiger partial charge is 0.0946 e. The number of halogens is 1. The van der Waals surface area contributed by atoms with Gasteiger partial charge in [0, 0.05) is 10.7 Å². The van der Waals surface area contributed by atoms with Crippen molar-refractivity contribution >= 4 is 17.3 Å². The SMILES string of the molecule is [O-][NH+]1CCN(c2cccc(Cl)c2)CC1. The Morgan fingerprint density at radius 3 is 2.64 bits per heavy atom. The van der Waals surface area contributed by atoms with Crippen LogP contribution in [0.5, 0.6) is 0 Å². The Morgan fingerprint density at radius 1 is 1.29 bits per heavy atom. The molecule has 2 rings (SSSR count). The zero-order valence-electron chi connectivity index (χ0n) is 7.87. The van der Waals surface area contributed by atoms with Gasteiger partial charge in [0.05, 0.1) is 26.2 Å². The molecule has 1 aromatic rings. The molecule has 0 aromatic heterocycles. The third kappa shape index (κ3) is 2.18. The van der Waals surface area contributed by atoms with Crippen molar-refractivity contribution in [2.24, 2.45) is 0 Å². The highest BCUT2D eigenvalue weighted by Crippen LogP contribution is 2.18. The summed E-state index contributed by atoms with van der Waals surface area (Å²) in [6.45, 7) is 2.96. The Kier molecular flexibility index (Phi) is 2.91. The third-order valence-electron chi connectivity index (χ3n) is 2.49. The van der Waals surface area contributed by atoms with Gasteiger partial charge >= 0.3 is 0 Å². The van der Waals surface area contributed by atoms with Crippen LogP contribution in [0.4, 0.5) is 5.69 Å². The summed E-state index contributed by atoms with van der Waals surface area (Å²) in [5.41, 5.74) is 1.12. The maximum Gasteiger partial charge on any atom is 0.0946 e. The van der Waals surface area contributed by atoms with Gasteiger partial charge in [0.15, 0.2) is 0 Å². The first-order chi connectivity index (χ1) is 6.75. The van der Waals surface area contributed by atoms with Crippen molar-refractivity contribution in [1.82, 2.24) is 0 Å². The van der Waals surface area contributed by atoms with Gasteiger partial charge in [-0.05, 0) is 18.2 Å². The molecule has 4 heteroatoms. The van der Waals surface area contributed by atoms with Crippen molar-refractivity contribution in [3.63, 3.8) is 0 Å². The molecule has 0 atom stereocenters. The third-order valence-corrected chi connectivity index (χ3v) is 2.73. The van der Waals surface area contributed by atoms with E-state index < -0.39 is 0 Å². The number of benzene rings is 1. The van der Waals surface area contributed by atoms with E-state index in [-0.39, 0.29) is 0 Å². The maximum atomic E-state index is 11.1. The normalized spacial score (nSPS) is 18.6. The van der Waals surface area contributed by atoms with Crippen LogP contribution < -0.4 is 9.96 Å². The highest BCUT2D eigenvalue weighted by atomic mass is 35.5. The molecule has 1 N–H and O–H groups in total. The Hall–Kier alpha value is -0.770. The number of hydrogen-bond acceptors (Lipinski definition) is 2. The quantitative estimate of drug-likeness (QED) is 0.689. The summed E-state index contributed by atoms with van der Waals surface area (Å²) in [5, 5.41) is 12.2. The Morgan fingerprint density at radius 2 is 2.00 bits per heavy atom. The molecule has 1 aromatic carbocycles.